The van der Waals surface area contributed by atoms with Crippen LogP contribution in [-0.4, -0.2) is 20.4 Å². The van der Waals surface area contributed by atoms with Gasteiger partial charge in [0.1, 0.15) is 0 Å². The minimum atomic E-state index is -3.74. The van der Waals surface area contributed by atoms with Crippen LogP contribution in [0.15, 0.2) is 29.2 Å². The van der Waals surface area contributed by atoms with Crippen molar-refractivity contribution in [1.29, 1.82) is 0 Å². The molecule has 1 unspecified atom stereocenters. The van der Waals surface area contributed by atoms with Crippen LogP contribution in [0, 0.1) is 5.92 Å². The zero-order valence-corrected chi connectivity index (χ0v) is 12.2. The molecule has 19 heavy (non-hydrogen) atoms. The van der Waals surface area contributed by atoms with Crippen LogP contribution in [-0.2, 0) is 9.05 Å². The molecule has 2 rings (SSSR count). The Kier molecular flexibility index (Phi) is 4.16. The molecule has 0 aromatic heterocycles. The summed E-state index contributed by atoms with van der Waals surface area (Å²) in [7, 11) is 1.48. The molecular formula is C13H16ClNO3S. The van der Waals surface area contributed by atoms with Crippen molar-refractivity contribution in [3.8, 4) is 0 Å². The van der Waals surface area contributed by atoms with E-state index in [4.69, 9.17) is 10.7 Å². The quantitative estimate of drug-likeness (QED) is 0.850. The van der Waals surface area contributed by atoms with Gasteiger partial charge < -0.3 is 5.32 Å². The summed E-state index contributed by atoms with van der Waals surface area (Å²) in [6.07, 6.45) is 3.50. The highest BCUT2D eigenvalue weighted by Crippen LogP contribution is 2.33. The fourth-order valence-electron chi connectivity index (χ4n) is 1.99. The van der Waals surface area contributed by atoms with Crippen molar-refractivity contribution in [1.82, 2.24) is 5.32 Å². The molecule has 4 nitrogen and oxygen atoms in total. The highest BCUT2D eigenvalue weighted by molar-refractivity contribution is 8.13. The molecule has 1 aliphatic carbocycles. The Morgan fingerprint density at radius 3 is 2.42 bits per heavy atom. The summed E-state index contributed by atoms with van der Waals surface area (Å²) in [5, 5.41) is 2.90. The van der Waals surface area contributed by atoms with Gasteiger partial charge in [-0.15, -0.1) is 0 Å². The van der Waals surface area contributed by atoms with Crippen LogP contribution in [0.5, 0.6) is 0 Å². The van der Waals surface area contributed by atoms with Gasteiger partial charge in [-0.05, 0) is 43.5 Å². The Labute approximate surface area is 117 Å². The zero-order valence-electron chi connectivity index (χ0n) is 10.6. The van der Waals surface area contributed by atoms with Crippen molar-refractivity contribution in [2.75, 3.05) is 0 Å². The lowest BCUT2D eigenvalue weighted by Crippen LogP contribution is -2.32. The van der Waals surface area contributed by atoms with Gasteiger partial charge in [0.15, 0.2) is 0 Å². The summed E-state index contributed by atoms with van der Waals surface area (Å²) in [6.45, 7) is 1.98. The average molecular weight is 302 g/mol. The molecule has 0 aliphatic heterocycles. The average Bonchev–Trinajstić information content (AvgIpc) is 3.11. The monoisotopic (exact) mass is 301 g/mol. The number of halogens is 1. The minimum Gasteiger partial charge on any atom is -0.350 e. The van der Waals surface area contributed by atoms with E-state index in [1.807, 2.05) is 6.92 Å². The Bertz CT molecular complexity index is 564. The van der Waals surface area contributed by atoms with Gasteiger partial charge >= 0.3 is 0 Å². The summed E-state index contributed by atoms with van der Waals surface area (Å²) in [5.41, 5.74) is 0.437. The zero-order chi connectivity index (χ0) is 14.0. The highest BCUT2D eigenvalue weighted by atomic mass is 35.7. The molecule has 1 saturated carbocycles. The van der Waals surface area contributed by atoms with Crippen molar-refractivity contribution in [2.24, 2.45) is 5.92 Å². The molecule has 1 atom stereocenters. The third kappa shape index (κ3) is 4.21. The lowest BCUT2D eigenvalue weighted by atomic mass is 10.1. The SMILES string of the molecule is CC(CC1CC1)NC(=O)c1ccc(S(=O)(=O)Cl)cc1. The molecule has 104 valence electrons. The molecule has 1 amide bonds. The van der Waals surface area contributed by atoms with Crippen LogP contribution in [0.25, 0.3) is 0 Å². The van der Waals surface area contributed by atoms with E-state index in [-0.39, 0.29) is 16.8 Å². The second-order valence-corrected chi connectivity index (χ2v) is 7.58. The molecule has 1 N–H and O–H groups in total. The van der Waals surface area contributed by atoms with Crippen LogP contribution in [0.4, 0.5) is 0 Å². The molecule has 0 bridgehead atoms. The summed E-state index contributed by atoms with van der Waals surface area (Å²) in [6, 6.07) is 5.74. The summed E-state index contributed by atoms with van der Waals surface area (Å²) in [5.74, 6) is 0.561. The Morgan fingerprint density at radius 1 is 1.37 bits per heavy atom. The number of amides is 1. The van der Waals surface area contributed by atoms with E-state index in [1.54, 1.807) is 0 Å². The first-order valence-electron chi connectivity index (χ1n) is 6.22. The second-order valence-electron chi connectivity index (χ2n) is 5.02. The smallest absolute Gasteiger partial charge is 0.261 e. The van der Waals surface area contributed by atoms with Crippen LogP contribution >= 0.6 is 10.7 Å². The molecular weight excluding hydrogens is 286 g/mol. The lowest BCUT2D eigenvalue weighted by molar-refractivity contribution is 0.0937. The van der Waals surface area contributed by atoms with Crippen LogP contribution in [0.2, 0.25) is 0 Å². The molecule has 1 aromatic rings. The number of nitrogens with one attached hydrogen (secondary N) is 1. The number of hydrogen-bond acceptors (Lipinski definition) is 3. The summed E-state index contributed by atoms with van der Waals surface area (Å²) >= 11 is 0. The van der Waals surface area contributed by atoms with E-state index >= 15 is 0 Å². The Hall–Kier alpha value is -1.07. The second kappa shape index (κ2) is 5.51. The molecule has 0 radical (unpaired) electrons. The maximum Gasteiger partial charge on any atom is 0.261 e. The molecule has 1 fully saturated rings. The molecule has 0 heterocycles. The van der Waals surface area contributed by atoms with Crippen molar-refractivity contribution in [3.63, 3.8) is 0 Å². The topological polar surface area (TPSA) is 63.2 Å². The number of carbonyl (C=O) groups is 1. The predicted octanol–water partition coefficient (Wildman–Crippen LogP) is 2.53. The third-order valence-electron chi connectivity index (χ3n) is 3.16. The number of hydrogen-bond donors (Lipinski definition) is 1. The number of carbonyl (C=O) groups excluding carboxylic acids is 1. The number of rotatable bonds is 5. The van der Waals surface area contributed by atoms with E-state index in [0.29, 0.717) is 5.56 Å². The minimum absolute atomic E-state index is 0.00301. The normalized spacial score (nSPS) is 16.9. The highest BCUT2D eigenvalue weighted by Gasteiger charge is 2.24. The number of benzene rings is 1. The van der Waals surface area contributed by atoms with E-state index in [9.17, 15) is 13.2 Å². The lowest BCUT2D eigenvalue weighted by Gasteiger charge is -2.13. The summed E-state index contributed by atoms with van der Waals surface area (Å²) < 4.78 is 22.2. The maximum absolute atomic E-state index is 11.9. The van der Waals surface area contributed by atoms with Crippen molar-refractivity contribution >= 4 is 25.6 Å². The molecule has 1 aromatic carbocycles. The predicted molar refractivity (Wildman–Crippen MR) is 73.8 cm³/mol. The van der Waals surface area contributed by atoms with Gasteiger partial charge in [-0.2, -0.15) is 0 Å². The van der Waals surface area contributed by atoms with Crippen molar-refractivity contribution in [2.45, 2.75) is 37.1 Å². The standard InChI is InChI=1S/C13H16ClNO3S/c1-9(8-10-2-3-10)15-13(16)11-4-6-12(7-5-11)19(14,17)18/h4-7,9-10H,2-3,8H2,1H3,(H,15,16). The fourth-order valence-corrected chi connectivity index (χ4v) is 2.76. The van der Waals surface area contributed by atoms with E-state index in [0.717, 1.165) is 12.3 Å². The molecule has 6 heteroatoms. The van der Waals surface area contributed by atoms with Gasteiger partial charge in [0, 0.05) is 22.3 Å². The third-order valence-corrected chi connectivity index (χ3v) is 4.53. The first-order valence-corrected chi connectivity index (χ1v) is 8.53. The van der Waals surface area contributed by atoms with Gasteiger partial charge in [0.25, 0.3) is 15.0 Å². The Balaban J connectivity index is 1.98. The largest absolute Gasteiger partial charge is 0.350 e. The van der Waals surface area contributed by atoms with Crippen LogP contribution in [0.3, 0.4) is 0 Å². The molecule has 1 aliphatic rings. The van der Waals surface area contributed by atoms with Gasteiger partial charge in [-0.1, -0.05) is 12.8 Å². The first-order chi connectivity index (χ1) is 8.86. The Morgan fingerprint density at radius 2 is 1.95 bits per heavy atom. The van der Waals surface area contributed by atoms with E-state index < -0.39 is 9.05 Å². The summed E-state index contributed by atoms with van der Waals surface area (Å²) in [4.78, 5) is 11.9. The van der Waals surface area contributed by atoms with E-state index in [1.165, 1.54) is 37.1 Å². The van der Waals surface area contributed by atoms with Gasteiger partial charge in [-0.3, -0.25) is 4.79 Å². The first kappa shape index (κ1) is 14.3. The molecule has 0 spiro atoms. The van der Waals surface area contributed by atoms with Crippen molar-refractivity contribution < 1.29 is 13.2 Å². The van der Waals surface area contributed by atoms with Crippen molar-refractivity contribution in [3.05, 3.63) is 29.8 Å². The van der Waals surface area contributed by atoms with Gasteiger partial charge in [0.05, 0.1) is 4.90 Å². The molecule has 0 saturated heterocycles. The van der Waals surface area contributed by atoms with Crippen LogP contribution < -0.4 is 5.32 Å². The van der Waals surface area contributed by atoms with E-state index in [2.05, 4.69) is 5.32 Å². The van der Waals surface area contributed by atoms with Gasteiger partial charge in [-0.25, -0.2) is 8.42 Å². The maximum atomic E-state index is 11.9. The fraction of sp³-hybridized carbons (Fsp3) is 0.462. The van der Waals surface area contributed by atoms with Crippen LogP contribution in [0.1, 0.15) is 36.5 Å². The van der Waals surface area contributed by atoms with Gasteiger partial charge in [0.2, 0.25) is 0 Å².